The lowest BCUT2D eigenvalue weighted by Crippen LogP contribution is -2.58. The van der Waals surface area contributed by atoms with E-state index < -0.39 is 64.5 Å². The Kier molecular flexibility index (Phi) is 18.6. The van der Waals surface area contributed by atoms with E-state index in [1.54, 1.807) is 80.6 Å². The Labute approximate surface area is 433 Å². The van der Waals surface area contributed by atoms with Gasteiger partial charge >= 0.3 is 6.18 Å². The van der Waals surface area contributed by atoms with Crippen molar-refractivity contribution in [2.24, 2.45) is 10.4 Å². The van der Waals surface area contributed by atoms with Gasteiger partial charge < -0.3 is 44.5 Å². The van der Waals surface area contributed by atoms with Gasteiger partial charge in [0, 0.05) is 44.0 Å². The molecular weight excluding hydrogens is 988 g/mol. The molecule has 4 amide bonds. The first-order valence-corrected chi connectivity index (χ1v) is 25.1. The molecule has 21 heteroatoms. The van der Waals surface area contributed by atoms with Crippen molar-refractivity contribution in [1.29, 1.82) is 0 Å². The average Bonchev–Trinajstić information content (AvgIpc) is 4.00. The second-order valence-electron chi connectivity index (χ2n) is 19.5. The Morgan fingerprint density at radius 3 is 2.22 bits per heavy atom. The zero-order chi connectivity index (χ0) is 53.4. The molecule has 4 aromatic rings. The Morgan fingerprint density at radius 1 is 0.973 bits per heavy atom. The van der Waals surface area contributed by atoms with Crippen molar-refractivity contribution >= 4 is 69.9 Å². The number of alkyl halides is 3. The average molecular weight is 1050 g/mol. The van der Waals surface area contributed by atoms with E-state index in [4.69, 9.17) is 31.2 Å². The van der Waals surface area contributed by atoms with Gasteiger partial charge in [0.05, 0.1) is 65.5 Å². The highest BCUT2D eigenvalue weighted by Crippen LogP contribution is 2.40. The largest absolute Gasteiger partial charge is 0.491 e. The highest BCUT2D eigenvalue weighted by atomic mass is 32.1. The van der Waals surface area contributed by atoms with Crippen LogP contribution in [0.5, 0.6) is 5.75 Å². The number of carbonyl (C=O) groups excluding carboxylic acids is 4. The molecule has 2 fully saturated rings. The number of hydrogen-bond donors (Lipinski definition) is 3. The maximum Gasteiger partial charge on any atom is 0.417 e. The van der Waals surface area contributed by atoms with E-state index in [9.17, 15) is 37.5 Å². The summed E-state index contributed by atoms with van der Waals surface area (Å²) in [7, 11) is 1.38. The molecule has 6 rings (SSSR count). The Morgan fingerprint density at radius 2 is 1.62 bits per heavy atom. The number of hydrogen-bond acceptors (Lipinski definition) is 13. The number of halogens is 3. The number of rotatable bonds is 21. The summed E-state index contributed by atoms with van der Waals surface area (Å²) in [5.41, 5.74) is 2.16. The minimum Gasteiger partial charge on any atom is -0.491 e. The molecule has 394 valence electrons. The number of β-amino-alcohol motifs (C(OH)–C–C–N with tert-alkyl or cyclic N) is 1. The lowest BCUT2D eigenvalue weighted by Gasteiger charge is -2.35. The monoisotopic (exact) mass is 1050 g/mol. The molecule has 0 bridgehead atoms. The summed E-state index contributed by atoms with van der Waals surface area (Å²) in [6.45, 7) is 14.8. The summed E-state index contributed by atoms with van der Waals surface area (Å²) in [4.78, 5) is 67.4. The maximum absolute atomic E-state index is 14.0. The third kappa shape index (κ3) is 13.9. The summed E-state index contributed by atoms with van der Waals surface area (Å²) >= 11 is 7.24. The standard InChI is InChI=1S/C52H64F3N7O9S2/c1-31-44(73-30-58-31)35-12-10-34(11-13-35)26-57-46(65)42-25-39(63)28-60(42)47(66)45(50(4,5)6)59-43(64)29-68-20-21-69-32(2)33(3)70-22-23-71-40-18-16-37(17-19-40)62-49(72)61(48(67)51(62,7)8)38-15-14-36(27-56-9)41(24-38)52(53,54)55/h10-19,24,27,30,32-33,39,42,45,63H,20-23,25-26,28-29H2,1-9H3,(H,57,65)(H,59,64)/b56-27-/t32-,33-,39-,42+,45-/m1/s1. The molecular formula is C52H64F3N7O9S2. The molecule has 0 saturated carbocycles. The van der Waals surface area contributed by atoms with Crippen molar-refractivity contribution < 1.29 is 56.4 Å². The Hall–Kier alpha value is -5.84. The minimum absolute atomic E-state index is 0.00731. The number of thiazole rings is 1. The van der Waals surface area contributed by atoms with Crippen LogP contribution in [0.15, 0.2) is 77.2 Å². The summed E-state index contributed by atoms with van der Waals surface area (Å²) in [6, 6.07) is 16.3. The van der Waals surface area contributed by atoms with Crippen LogP contribution in [0.2, 0.25) is 0 Å². The molecule has 0 spiro atoms. The zero-order valence-electron chi connectivity index (χ0n) is 42.4. The van der Waals surface area contributed by atoms with Gasteiger partial charge in [-0.1, -0.05) is 51.1 Å². The number of aromatic nitrogens is 1. The van der Waals surface area contributed by atoms with Gasteiger partial charge in [-0.25, -0.2) is 4.98 Å². The molecule has 0 aliphatic carbocycles. The molecule has 2 aliphatic heterocycles. The molecule has 16 nitrogen and oxygen atoms in total. The summed E-state index contributed by atoms with van der Waals surface area (Å²) < 4.78 is 65.2. The van der Waals surface area contributed by atoms with Crippen LogP contribution in [-0.4, -0.2) is 133 Å². The number of amides is 4. The van der Waals surface area contributed by atoms with Crippen molar-refractivity contribution in [3.8, 4) is 16.2 Å². The van der Waals surface area contributed by atoms with Crippen LogP contribution in [0.25, 0.3) is 10.4 Å². The van der Waals surface area contributed by atoms with E-state index in [1.807, 2.05) is 45.0 Å². The van der Waals surface area contributed by atoms with Gasteiger partial charge in [0.25, 0.3) is 5.91 Å². The van der Waals surface area contributed by atoms with E-state index in [0.29, 0.717) is 11.4 Å². The number of aliphatic hydroxyl groups is 1. The lowest BCUT2D eigenvalue weighted by molar-refractivity contribution is -0.144. The predicted octanol–water partition coefficient (Wildman–Crippen LogP) is 7.12. The number of likely N-dealkylation sites (tertiary alicyclic amines) is 1. The smallest absolute Gasteiger partial charge is 0.417 e. The highest BCUT2D eigenvalue weighted by molar-refractivity contribution is 7.81. The van der Waals surface area contributed by atoms with Gasteiger partial charge in [-0.05, 0) is 99.8 Å². The van der Waals surface area contributed by atoms with Crippen LogP contribution in [0.1, 0.15) is 77.3 Å². The Balaban J connectivity index is 0.900. The lowest BCUT2D eigenvalue weighted by atomic mass is 9.85. The van der Waals surface area contributed by atoms with Gasteiger partial charge in [0.15, 0.2) is 5.11 Å². The van der Waals surface area contributed by atoms with Crippen LogP contribution < -0.4 is 25.2 Å². The number of ether oxygens (including phenoxy) is 4. The van der Waals surface area contributed by atoms with Crippen LogP contribution in [-0.2, 0) is 46.1 Å². The number of aliphatic imine (C=N–C) groups is 1. The highest BCUT2D eigenvalue weighted by Gasteiger charge is 2.51. The van der Waals surface area contributed by atoms with Gasteiger partial charge in [0.2, 0.25) is 17.7 Å². The first kappa shape index (κ1) is 56.5. The van der Waals surface area contributed by atoms with E-state index >= 15 is 0 Å². The molecule has 5 atom stereocenters. The number of carbonyl (C=O) groups is 4. The topological polar surface area (TPSA) is 184 Å². The van der Waals surface area contributed by atoms with Gasteiger partial charge in [-0.15, -0.1) is 11.3 Å². The van der Waals surface area contributed by atoms with Gasteiger partial charge in [-0.3, -0.25) is 29.1 Å². The third-order valence-corrected chi connectivity index (χ3v) is 13.9. The SMILES string of the molecule is C/N=C\c1ccc(N2C(=O)C(C)(C)N(c3ccc(OCCO[C@H](C)[C@@H](C)OCCOCC(=O)N[C@H](C(=O)N4C[C@H](O)C[C@H]4C(=O)NCc4ccc(-c5scnc5C)cc4)C(C)(C)C)cc3)C2=S)cc1C(F)(F)F. The first-order chi connectivity index (χ1) is 34.4. The number of thiocarbonyl (C=S) groups is 1. The van der Waals surface area contributed by atoms with Crippen LogP contribution in [0.3, 0.4) is 0 Å². The van der Waals surface area contributed by atoms with E-state index in [0.717, 1.165) is 38.9 Å². The minimum atomic E-state index is -4.68. The molecule has 2 saturated heterocycles. The summed E-state index contributed by atoms with van der Waals surface area (Å²) in [5, 5.41) is 16.3. The molecule has 1 aromatic heterocycles. The van der Waals surface area contributed by atoms with Gasteiger partial charge in [0.1, 0.15) is 36.6 Å². The predicted molar refractivity (Wildman–Crippen MR) is 277 cm³/mol. The van der Waals surface area contributed by atoms with E-state index in [-0.39, 0.29) is 81.1 Å². The fourth-order valence-corrected chi connectivity index (χ4v) is 9.77. The maximum atomic E-state index is 14.0. The van der Waals surface area contributed by atoms with Crippen LogP contribution in [0.4, 0.5) is 24.5 Å². The molecule has 2 aliphatic rings. The van der Waals surface area contributed by atoms with Crippen LogP contribution >= 0.6 is 23.6 Å². The van der Waals surface area contributed by atoms with Crippen molar-refractivity contribution in [2.75, 3.05) is 56.4 Å². The van der Waals surface area contributed by atoms with E-state index in [1.165, 1.54) is 24.1 Å². The number of aliphatic hydroxyl groups excluding tert-OH is 1. The number of aryl methyl sites for hydroxylation is 1. The second kappa shape index (κ2) is 24.0. The molecule has 3 aromatic carbocycles. The summed E-state index contributed by atoms with van der Waals surface area (Å²) in [5.74, 6) is -1.38. The van der Waals surface area contributed by atoms with Crippen molar-refractivity contribution in [1.82, 2.24) is 20.5 Å². The van der Waals surface area contributed by atoms with Crippen LogP contribution in [0, 0.1) is 12.3 Å². The van der Waals surface area contributed by atoms with Gasteiger partial charge in [-0.2, -0.15) is 13.2 Å². The molecule has 3 N–H and O–H groups in total. The molecule has 0 unspecified atom stereocenters. The Bertz CT molecular complexity index is 2620. The second-order valence-corrected chi connectivity index (χ2v) is 20.7. The zero-order valence-corrected chi connectivity index (χ0v) is 44.1. The van der Waals surface area contributed by atoms with Crippen molar-refractivity contribution in [3.63, 3.8) is 0 Å². The first-order valence-electron chi connectivity index (χ1n) is 23.8. The quantitative estimate of drug-likeness (QED) is 0.0437. The fourth-order valence-electron chi connectivity index (χ4n) is 8.43. The summed E-state index contributed by atoms with van der Waals surface area (Å²) in [6.07, 6.45) is -5.09. The van der Waals surface area contributed by atoms with Crippen molar-refractivity contribution in [3.05, 3.63) is 94.6 Å². The third-order valence-electron chi connectivity index (χ3n) is 12.6. The fraction of sp³-hybridized carbons (Fsp3) is 0.481. The number of nitrogens with zero attached hydrogens (tertiary/aromatic N) is 5. The van der Waals surface area contributed by atoms with Crippen molar-refractivity contribution in [2.45, 2.75) is 110 Å². The number of anilines is 2. The molecule has 0 radical (unpaired) electrons. The molecule has 3 heterocycles. The number of nitrogens with one attached hydrogen (secondary N) is 2. The number of benzene rings is 3. The normalized spacial score (nSPS) is 18.3. The van der Waals surface area contributed by atoms with E-state index in [2.05, 4.69) is 20.6 Å². The molecule has 73 heavy (non-hydrogen) atoms.